The first-order chi connectivity index (χ1) is 10.6. The van der Waals surface area contributed by atoms with E-state index in [0.29, 0.717) is 4.88 Å². The Balaban J connectivity index is 2.41. The van der Waals surface area contributed by atoms with Crippen molar-refractivity contribution in [3.05, 3.63) is 57.8 Å². The van der Waals surface area contributed by atoms with Crippen molar-refractivity contribution in [2.45, 2.75) is 18.6 Å². The summed E-state index contributed by atoms with van der Waals surface area (Å²) in [5.74, 6) is -1.54. The summed E-state index contributed by atoms with van der Waals surface area (Å²) in [6.45, 7) is 1.27. The molecule has 1 heterocycles. The molecule has 1 atom stereocenters. The van der Waals surface area contributed by atoms with Crippen molar-refractivity contribution in [1.29, 1.82) is 0 Å². The zero-order chi connectivity index (χ0) is 17.3. The molecule has 2 rings (SSSR count). The normalized spacial score (nSPS) is 14.1. The Hall–Kier alpha value is -2.35. The quantitative estimate of drug-likeness (QED) is 0.897. The molecule has 0 radical (unpaired) electrons. The lowest BCUT2D eigenvalue weighted by atomic mass is 9.89. The third-order valence-corrected chi connectivity index (χ3v) is 4.24. The number of primary amides is 1. The molecule has 4 nitrogen and oxygen atoms in total. The van der Waals surface area contributed by atoms with Crippen LogP contribution in [0.25, 0.3) is 0 Å². The van der Waals surface area contributed by atoms with E-state index in [9.17, 15) is 22.8 Å². The topological polar surface area (TPSA) is 72.2 Å². The Morgan fingerprint density at radius 2 is 1.78 bits per heavy atom. The molecule has 0 saturated carbocycles. The number of hydrogen-bond acceptors (Lipinski definition) is 3. The van der Waals surface area contributed by atoms with Crippen LogP contribution < -0.4 is 11.1 Å². The molecule has 0 bridgehead atoms. The predicted octanol–water partition coefficient (Wildman–Crippen LogP) is 2.90. The molecule has 0 saturated heterocycles. The van der Waals surface area contributed by atoms with Gasteiger partial charge < -0.3 is 11.1 Å². The third-order valence-electron chi connectivity index (χ3n) is 3.37. The second-order valence-corrected chi connectivity index (χ2v) is 5.95. The van der Waals surface area contributed by atoms with Gasteiger partial charge in [0.15, 0.2) is 0 Å². The number of hydrogen-bond donors (Lipinski definition) is 2. The fraction of sp³-hybridized carbons (Fsp3) is 0.200. The van der Waals surface area contributed by atoms with Gasteiger partial charge in [0.2, 0.25) is 5.91 Å². The highest BCUT2D eigenvalue weighted by atomic mass is 32.1. The molecule has 0 spiro atoms. The van der Waals surface area contributed by atoms with Crippen molar-refractivity contribution < 1.29 is 22.8 Å². The SMILES string of the molecule is CC(NC(=O)c1cccs1)(C(N)=O)c1cccc(C(F)(F)F)c1. The van der Waals surface area contributed by atoms with Gasteiger partial charge in [0, 0.05) is 0 Å². The molecular weight excluding hydrogens is 329 g/mol. The van der Waals surface area contributed by atoms with Crippen molar-refractivity contribution >= 4 is 23.2 Å². The summed E-state index contributed by atoms with van der Waals surface area (Å²) < 4.78 is 38.5. The Morgan fingerprint density at radius 3 is 2.30 bits per heavy atom. The first-order valence-electron chi connectivity index (χ1n) is 6.48. The minimum atomic E-state index is -4.56. The number of benzene rings is 1. The average Bonchev–Trinajstić information content (AvgIpc) is 3.00. The van der Waals surface area contributed by atoms with Gasteiger partial charge in [-0.1, -0.05) is 18.2 Å². The van der Waals surface area contributed by atoms with Gasteiger partial charge in [-0.3, -0.25) is 9.59 Å². The van der Waals surface area contributed by atoms with Crippen LogP contribution in [0.2, 0.25) is 0 Å². The average molecular weight is 342 g/mol. The summed E-state index contributed by atoms with van der Waals surface area (Å²) in [7, 11) is 0. The van der Waals surface area contributed by atoms with Crippen molar-refractivity contribution in [2.75, 3.05) is 0 Å². The van der Waals surface area contributed by atoms with E-state index in [4.69, 9.17) is 5.73 Å². The second-order valence-electron chi connectivity index (χ2n) is 5.00. The van der Waals surface area contributed by atoms with Crippen LogP contribution in [-0.4, -0.2) is 11.8 Å². The third kappa shape index (κ3) is 3.53. The van der Waals surface area contributed by atoms with Gasteiger partial charge in [-0.25, -0.2) is 0 Å². The molecule has 1 aromatic carbocycles. The first kappa shape index (κ1) is 17.0. The van der Waals surface area contributed by atoms with Gasteiger partial charge in [-0.05, 0) is 36.1 Å². The molecule has 0 aliphatic rings. The maximum Gasteiger partial charge on any atom is 0.416 e. The van der Waals surface area contributed by atoms with Crippen molar-refractivity contribution in [3.63, 3.8) is 0 Å². The van der Waals surface area contributed by atoms with Crippen LogP contribution in [0, 0.1) is 0 Å². The number of carbonyl (C=O) groups excluding carboxylic acids is 2. The summed E-state index contributed by atoms with van der Waals surface area (Å²) >= 11 is 1.14. The van der Waals surface area contributed by atoms with E-state index in [1.807, 2.05) is 0 Å². The number of carbonyl (C=O) groups is 2. The number of rotatable bonds is 4. The molecule has 0 aliphatic carbocycles. The van der Waals surface area contributed by atoms with E-state index < -0.39 is 29.1 Å². The summed E-state index contributed by atoms with van der Waals surface area (Å²) in [5.41, 5.74) is 2.61. The highest BCUT2D eigenvalue weighted by Gasteiger charge is 2.38. The molecule has 1 unspecified atom stereocenters. The largest absolute Gasteiger partial charge is 0.416 e. The molecule has 0 fully saturated rings. The van der Waals surface area contributed by atoms with E-state index in [1.54, 1.807) is 11.4 Å². The molecule has 2 aromatic rings. The van der Waals surface area contributed by atoms with Gasteiger partial charge in [0.05, 0.1) is 10.4 Å². The van der Waals surface area contributed by atoms with E-state index in [1.165, 1.54) is 19.1 Å². The minimum Gasteiger partial charge on any atom is -0.367 e. The zero-order valence-electron chi connectivity index (χ0n) is 12.0. The standard InChI is InChI=1S/C15H13F3N2O2S/c1-14(13(19)22,20-12(21)11-6-3-7-23-11)9-4-2-5-10(8-9)15(16,17)18/h2-8H,1H3,(H2,19,22)(H,20,21). The number of halogens is 3. The lowest BCUT2D eigenvalue weighted by Crippen LogP contribution is -2.52. The number of alkyl halides is 3. The first-order valence-corrected chi connectivity index (χ1v) is 7.36. The van der Waals surface area contributed by atoms with Crippen LogP contribution in [0.4, 0.5) is 13.2 Å². The predicted molar refractivity (Wildman–Crippen MR) is 79.8 cm³/mol. The number of nitrogens with one attached hydrogen (secondary N) is 1. The molecule has 23 heavy (non-hydrogen) atoms. The Kier molecular flexibility index (Phi) is 4.46. The van der Waals surface area contributed by atoms with Crippen molar-refractivity contribution in [1.82, 2.24) is 5.32 Å². The summed E-state index contributed by atoms with van der Waals surface area (Å²) in [4.78, 5) is 24.3. The highest BCUT2D eigenvalue weighted by Crippen LogP contribution is 2.32. The van der Waals surface area contributed by atoms with Crippen LogP contribution in [0.1, 0.15) is 27.7 Å². The maximum atomic E-state index is 12.8. The number of amides is 2. The van der Waals surface area contributed by atoms with Gasteiger partial charge in [0.1, 0.15) is 5.54 Å². The summed E-state index contributed by atoms with van der Waals surface area (Å²) in [5, 5.41) is 4.09. The molecule has 2 amide bonds. The van der Waals surface area contributed by atoms with E-state index >= 15 is 0 Å². The Bertz CT molecular complexity index is 729. The monoisotopic (exact) mass is 342 g/mol. The lowest BCUT2D eigenvalue weighted by Gasteiger charge is -2.28. The Morgan fingerprint density at radius 1 is 1.13 bits per heavy atom. The maximum absolute atomic E-state index is 12.8. The van der Waals surface area contributed by atoms with Crippen LogP contribution in [0.15, 0.2) is 41.8 Å². The van der Waals surface area contributed by atoms with Crippen LogP contribution in [0.5, 0.6) is 0 Å². The van der Waals surface area contributed by atoms with Crippen LogP contribution in [-0.2, 0) is 16.5 Å². The lowest BCUT2D eigenvalue weighted by molar-refractivity contribution is -0.137. The number of nitrogens with two attached hydrogens (primary N) is 1. The second kappa shape index (κ2) is 6.04. The van der Waals surface area contributed by atoms with Gasteiger partial charge in [-0.15, -0.1) is 11.3 Å². The highest BCUT2D eigenvalue weighted by molar-refractivity contribution is 7.12. The van der Waals surface area contributed by atoms with Gasteiger partial charge in [0.25, 0.3) is 5.91 Å². The van der Waals surface area contributed by atoms with Crippen LogP contribution >= 0.6 is 11.3 Å². The van der Waals surface area contributed by atoms with Gasteiger partial charge >= 0.3 is 6.18 Å². The molecular formula is C15H13F3N2O2S. The van der Waals surface area contributed by atoms with Crippen LogP contribution in [0.3, 0.4) is 0 Å². The van der Waals surface area contributed by atoms with E-state index in [0.717, 1.165) is 29.5 Å². The number of thiophene rings is 1. The minimum absolute atomic E-state index is 0.0373. The fourth-order valence-corrected chi connectivity index (χ4v) is 2.60. The fourth-order valence-electron chi connectivity index (χ4n) is 1.98. The van der Waals surface area contributed by atoms with Crippen molar-refractivity contribution in [2.24, 2.45) is 5.73 Å². The Labute approximate surface area is 134 Å². The summed E-state index contributed by atoms with van der Waals surface area (Å²) in [6.07, 6.45) is -4.56. The van der Waals surface area contributed by atoms with Crippen molar-refractivity contribution in [3.8, 4) is 0 Å². The molecule has 8 heteroatoms. The molecule has 1 aromatic heterocycles. The molecule has 122 valence electrons. The van der Waals surface area contributed by atoms with E-state index in [2.05, 4.69) is 5.32 Å². The van der Waals surface area contributed by atoms with Gasteiger partial charge in [-0.2, -0.15) is 13.2 Å². The molecule has 3 N–H and O–H groups in total. The summed E-state index contributed by atoms with van der Waals surface area (Å²) in [6, 6.07) is 7.34. The molecule has 0 aliphatic heterocycles. The smallest absolute Gasteiger partial charge is 0.367 e. The zero-order valence-corrected chi connectivity index (χ0v) is 12.8. The van der Waals surface area contributed by atoms with E-state index in [-0.39, 0.29) is 5.56 Å².